The molecule has 5 heteroatoms. The molecule has 0 N–H and O–H groups in total. The van der Waals surface area contributed by atoms with E-state index in [0.29, 0.717) is 5.56 Å². The molecule has 0 unspecified atom stereocenters. The van der Waals surface area contributed by atoms with Crippen LogP contribution in [0, 0.1) is 5.82 Å². The summed E-state index contributed by atoms with van der Waals surface area (Å²) in [5.74, 6) is -0.383. The number of carbonyl (C=O) groups excluding carboxylic acids is 1. The molecule has 0 aliphatic rings. The topological polar surface area (TPSA) is 39.2 Å². The van der Waals surface area contributed by atoms with Crippen molar-refractivity contribution in [1.82, 2.24) is 4.98 Å². The summed E-state index contributed by atoms with van der Waals surface area (Å²) >= 11 is 5.57. The van der Waals surface area contributed by atoms with Crippen molar-refractivity contribution in [1.29, 1.82) is 0 Å². The Hall–Kier alpha value is -1.94. The van der Waals surface area contributed by atoms with Crippen LogP contribution in [0.15, 0.2) is 36.5 Å². The van der Waals surface area contributed by atoms with Crippen LogP contribution in [0.1, 0.15) is 17.3 Å². The van der Waals surface area contributed by atoms with Crippen molar-refractivity contribution in [3.8, 4) is 11.6 Å². The number of ketones is 1. The van der Waals surface area contributed by atoms with Gasteiger partial charge in [-0.25, -0.2) is 9.37 Å². The molecule has 0 bridgehead atoms. The van der Waals surface area contributed by atoms with Gasteiger partial charge >= 0.3 is 0 Å². The average Bonchev–Trinajstić information content (AvgIpc) is 2.34. The van der Waals surface area contributed by atoms with Crippen molar-refractivity contribution >= 4 is 17.4 Å². The summed E-state index contributed by atoms with van der Waals surface area (Å²) in [6.07, 6.45) is 1.49. The molecule has 2 rings (SSSR count). The van der Waals surface area contributed by atoms with E-state index >= 15 is 0 Å². The van der Waals surface area contributed by atoms with Crippen LogP contribution in [-0.2, 0) is 0 Å². The van der Waals surface area contributed by atoms with Gasteiger partial charge in [-0.3, -0.25) is 4.79 Å². The summed E-state index contributed by atoms with van der Waals surface area (Å²) in [6.45, 7) is 1.41. The van der Waals surface area contributed by atoms with E-state index in [2.05, 4.69) is 4.98 Å². The highest BCUT2D eigenvalue weighted by Gasteiger charge is 2.11. The van der Waals surface area contributed by atoms with E-state index in [1.807, 2.05) is 0 Å². The molecule has 0 fully saturated rings. The second kappa shape index (κ2) is 5.14. The highest BCUT2D eigenvalue weighted by molar-refractivity contribution is 6.30. The number of carbonyl (C=O) groups is 1. The summed E-state index contributed by atoms with van der Waals surface area (Å²) in [5.41, 5.74) is 0.341. The third-order valence-corrected chi connectivity index (χ3v) is 2.56. The van der Waals surface area contributed by atoms with Gasteiger partial charge in [0.2, 0.25) is 5.88 Å². The maximum absolute atomic E-state index is 13.2. The minimum absolute atomic E-state index is 0.00941. The first kappa shape index (κ1) is 12.5. The van der Waals surface area contributed by atoms with Crippen molar-refractivity contribution in [3.63, 3.8) is 0 Å². The lowest BCUT2D eigenvalue weighted by molar-refractivity contribution is 0.101. The zero-order chi connectivity index (χ0) is 13.1. The van der Waals surface area contributed by atoms with E-state index in [-0.39, 0.29) is 22.4 Å². The van der Waals surface area contributed by atoms with Gasteiger partial charge < -0.3 is 4.74 Å². The quantitative estimate of drug-likeness (QED) is 0.791. The van der Waals surface area contributed by atoms with E-state index < -0.39 is 5.82 Å². The number of hydrogen-bond acceptors (Lipinski definition) is 3. The van der Waals surface area contributed by atoms with Gasteiger partial charge in [0.1, 0.15) is 11.6 Å². The van der Waals surface area contributed by atoms with Crippen LogP contribution >= 0.6 is 11.6 Å². The molecule has 0 radical (unpaired) electrons. The van der Waals surface area contributed by atoms with Gasteiger partial charge in [0, 0.05) is 12.3 Å². The Kier molecular flexibility index (Phi) is 3.58. The van der Waals surface area contributed by atoms with E-state index in [0.717, 1.165) is 6.07 Å². The Morgan fingerprint density at radius 3 is 2.83 bits per heavy atom. The third kappa shape index (κ3) is 2.65. The molecule has 0 saturated heterocycles. The summed E-state index contributed by atoms with van der Waals surface area (Å²) in [6, 6.07) is 7.25. The number of benzene rings is 1. The number of rotatable bonds is 3. The SMILES string of the molecule is CC(=O)c1cccnc1Oc1ccc(Cl)c(F)c1. The van der Waals surface area contributed by atoms with E-state index in [1.54, 1.807) is 12.1 Å². The van der Waals surface area contributed by atoms with Crippen molar-refractivity contribution in [2.75, 3.05) is 0 Å². The van der Waals surface area contributed by atoms with Gasteiger partial charge in [-0.05, 0) is 31.2 Å². The maximum atomic E-state index is 13.2. The van der Waals surface area contributed by atoms with Crippen LogP contribution in [0.3, 0.4) is 0 Å². The summed E-state index contributed by atoms with van der Waals surface area (Å²) < 4.78 is 18.6. The molecular weight excluding hydrogens is 257 g/mol. The first-order valence-corrected chi connectivity index (χ1v) is 5.54. The predicted molar refractivity (Wildman–Crippen MR) is 65.7 cm³/mol. The number of nitrogens with zero attached hydrogens (tertiary/aromatic N) is 1. The second-order valence-corrected chi connectivity index (χ2v) is 4.00. The minimum atomic E-state index is -0.588. The lowest BCUT2D eigenvalue weighted by Gasteiger charge is -2.08. The highest BCUT2D eigenvalue weighted by Crippen LogP contribution is 2.26. The summed E-state index contributed by atoms with van der Waals surface area (Å²) in [5, 5.41) is 0.00941. The smallest absolute Gasteiger partial charge is 0.230 e. The standard InChI is InChI=1S/C13H9ClFNO2/c1-8(17)10-3-2-6-16-13(10)18-9-4-5-11(14)12(15)7-9/h2-7H,1H3. The number of ether oxygens (including phenoxy) is 1. The van der Waals surface area contributed by atoms with E-state index in [9.17, 15) is 9.18 Å². The molecule has 92 valence electrons. The number of aromatic nitrogens is 1. The first-order chi connectivity index (χ1) is 8.58. The molecular formula is C13H9ClFNO2. The first-order valence-electron chi connectivity index (χ1n) is 5.17. The molecule has 2 aromatic rings. The van der Waals surface area contributed by atoms with E-state index in [1.165, 1.54) is 25.3 Å². The normalized spacial score (nSPS) is 10.2. The van der Waals surface area contributed by atoms with Gasteiger partial charge in [-0.2, -0.15) is 0 Å². The molecule has 0 aliphatic carbocycles. The zero-order valence-electron chi connectivity index (χ0n) is 9.48. The molecule has 1 aromatic carbocycles. The summed E-state index contributed by atoms with van der Waals surface area (Å²) in [4.78, 5) is 15.3. The van der Waals surface area contributed by atoms with Gasteiger partial charge in [0.15, 0.2) is 5.78 Å². The molecule has 0 spiro atoms. The van der Waals surface area contributed by atoms with Crippen LogP contribution in [-0.4, -0.2) is 10.8 Å². The molecule has 0 aliphatic heterocycles. The Bertz CT molecular complexity index is 601. The Morgan fingerprint density at radius 2 is 2.17 bits per heavy atom. The van der Waals surface area contributed by atoms with Crippen LogP contribution in [0.25, 0.3) is 0 Å². The molecule has 1 heterocycles. The van der Waals surface area contributed by atoms with Gasteiger partial charge in [-0.1, -0.05) is 11.6 Å². The van der Waals surface area contributed by atoms with Crippen LogP contribution in [0.4, 0.5) is 4.39 Å². The number of pyridine rings is 1. The molecule has 18 heavy (non-hydrogen) atoms. The highest BCUT2D eigenvalue weighted by atomic mass is 35.5. The zero-order valence-corrected chi connectivity index (χ0v) is 10.2. The Balaban J connectivity index is 2.34. The van der Waals surface area contributed by atoms with Gasteiger partial charge in [-0.15, -0.1) is 0 Å². The lowest BCUT2D eigenvalue weighted by Crippen LogP contribution is -1.99. The second-order valence-electron chi connectivity index (χ2n) is 3.59. The predicted octanol–water partition coefficient (Wildman–Crippen LogP) is 3.87. The van der Waals surface area contributed by atoms with Gasteiger partial charge in [0.05, 0.1) is 10.6 Å². The van der Waals surface area contributed by atoms with Crippen molar-refractivity contribution in [2.45, 2.75) is 6.92 Å². The maximum Gasteiger partial charge on any atom is 0.230 e. The largest absolute Gasteiger partial charge is 0.438 e. The third-order valence-electron chi connectivity index (χ3n) is 2.26. The van der Waals surface area contributed by atoms with Crippen molar-refractivity contribution in [2.24, 2.45) is 0 Å². The fourth-order valence-electron chi connectivity index (χ4n) is 1.39. The van der Waals surface area contributed by atoms with Crippen LogP contribution in [0.5, 0.6) is 11.6 Å². The lowest BCUT2D eigenvalue weighted by atomic mass is 10.2. The minimum Gasteiger partial charge on any atom is -0.438 e. The molecule has 1 aromatic heterocycles. The number of halogens is 2. The fourth-order valence-corrected chi connectivity index (χ4v) is 1.51. The van der Waals surface area contributed by atoms with Crippen molar-refractivity contribution in [3.05, 3.63) is 52.9 Å². The van der Waals surface area contributed by atoms with Crippen LogP contribution < -0.4 is 4.74 Å². The van der Waals surface area contributed by atoms with E-state index in [4.69, 9.17) is 16.3 Å². The van der Waals surface area contributed by atoms with Gasteiger partial charge in [0.25, 0.3) is 0 Å². The molecule has 0 atom stereocenters. The number of hydrogen-bond donors (Lipinski definition) is 0. The monoisotopic (exact) mass is 265 g/mol. The van der Waals surface area contributed by atoms with Crippen LogP contribution in [0.2, 0.25) is 5.02 Å². The Labute approximate surface area is 108 Å². The molecule has 0 saturated carbocycles. The molecule has 3 nitrogen and oxygen atoms in total. The molecule has 0 amide bonds. The average molecular weight is 266 g/mol. The summed E-state index contributed by atoms with van der Waals surface area (Å²) in [7, 11) is 0. The fraction of sp³-hybridized carbons (Fsp3) is 0.0769. The Morgan fingerprint density at radius 1 is 1.39 bits per heavy atom. The van der Waals surface area contributed by atoms with Crippen molar-refractivity contribution < 1.29 is 13.9 Å². The number of Topliss-reactive ketones (excluding diaryl/α,β-unsaturated/α-hetero) is 1.